The summed E-state index contributed by atoms with van der Waals surface area (Å²) in [5.41, 5.74) is 0. The van der Waals surface area contributed by atoms with Crippen LogP contribution in [0.4, 0.5) is 0 Å². The Labute approximate surface area is 89.3 Å². The molecule has 0 radical (unpaired) electrons. The second-order valence-electron chi connectivity index (χ2n) is 4.93. The summed E-state index contributed by atoms with van der Waals surface area (Å²) in [6.45, 7) is 2.52. The van der Waals surface area contributed by atoms with Gasteiger partial charge in [0.1, 0.15) is 0 Å². The lowest BCUT2D eigenvalue weighted by molar-refractivity contribution is 0.236. The molecule has 0 aromatic carbocycles. The Morgan fingerprint density at radius 1 is 0.929 bits per heavy atom. The predicted octanol–water partition coefficient (Wildman–Crippen LogP) is 2.20. The van der Waals surface area contributed by atoms with Gasteiger partial charge in [-0.2, -0.15) is 0 Å². The van der Waals surface area contributed by atoms with Crippen LogP contribution in [0, 0.1) is 0 Å². The Morgan fingerprint density at radius 3 is 2.07 bits per heavy atom. The van der Waals surface area contributed by atoms with Crippen LogP contribution in [-0.4, -0.2) is 50.1 Å². The zero-order chi connectivity index (χ0) is 10.4. The molecular formula is C12H26N2. The lowest BCUT2D eigenvalue weighted by atomic mass is 10.2. The van der Waals surface area contributed by atoms with Gasteiger partial charge < -0.3 is 9.80 Å². The third kappa shape index (κ3) is 4.43. The molecule has 0 aromatic rings. The van der Waals surface area contributed by atoms with Gasteiger partial charge in [0, 0.05) is 6.04 Å². The van der Waals surface area contributed by atoms with Crippen molar-refractivity contribution in [3.8, 4) is 0 Å². The van der Waals surface area contributed by atoms with E-state index in [1.807, 2.05) is 0 Å². The van der Waals surface area contributed by atoms with Gasteiger partial charge in [-0.3, -0.25) is 0 Å². The first-order valence-electron chi connectivity index (χ1n) is 6.05. The van der Waals surface area contributed by atoms with E-state index in [1.54, 1.807) is 0 Å². The molecule has 0 amide bonds. The smallest absolute Gasteiger partial charge is 0.00922 e. The van der Waals surface area contributed by atoms with Crippen molar-refractivity contribution in [3.63, 3.8) is 0 Å². The van der Waals surface area contributed by atoms with Crippen molar-refractivity contribution in [1.82, 2.24) is 9.80 Å². The molecule has 2 heteroatoms. The minimum atomic E-state index is 0.898. The van der Waals surface area contributed by atoms with E-state index < -0.39 is 0 Å². The van der Waals surface area contributed by atoms with Gasteiger partial charge in [0.15, 0.2) is 0 Å². The van der Waals surface area contributed by atoms with Crippen molar-refractivity contribution in [2.45, 2.75) is 44.6 Å². The number of unbranched alkanes of at least 4 members (excludes halogenated alkanes) is 1. The first-order chi connectivity index (χ1) is 6.70. The summed E-state index contributed by atoms with van der Waals surface area (Å²) >= 11 is 0. The molecule has 0 atom stereocenters. The molecule has 0 aliphatic heterocycles. The summed E-state index contributed by atoms with van der Waals surface area (Å²) in [5.74, 6) is 0. The Hall–Kier alpha value is -0.0800. The first kappa shape index (κ1) is 12.0. The van der Waals surface area contributed by atoms with Gasteiger partial charge in [-0.25, -0.2) is 0 Å². The highest BCUT2D eigenvalue weighted by molar-refractivity contribution is 4.74. The topological polar surface area (TPSA) is 6.48 Å². The van der Waals surface area contributed by atoms with Gasteiger partial charge in [0.2, 0.25) is 0 Å². The largest absolute Gasteiger partial charge is 0.309 e. The van der Waals surface area contributed by atoms with Crippen LogP contribution < -0.4 is 0 Å². The van der Waals surface area contributed by atoms with Gasteiger partial charge in [-0.1, -0.05) is 12.8 Å². The molecule has 1 rings (SSSR count). The van der Waals surface area contributed by atoms with E-state index >= 15 is 0 Å². The molecule has 2 nitrogen and oxygen atoms in total. The van der Waals surface area contributed by atoms with E-state index in [-0.39, 0.29) is 0 Å². The number of rotatable bonds is 6. The number of hydrogen-bond donors (Lipinski definition) is 0. The van der Waals surface area contributed by atoms with Gasteiger partial charge >= 0.3 is 0 Å². The van der Waals surface area contributed by atoms with Crippen LogP contribution in [-0.2, 0) is 0 Å². The summed E-state index contributed by atoms with van der Waals surface area (Å²) in [5, 5.41) is 0. The summed E-state index contributed by atoms with van der Waals surface area (Å²) in [4.78, 5) is 4.85. The molecule has 0 saturated heterocycles. The second kappa shape index (κ2) is 6.41. The van der Waals surface area contributed by atoms with E-state index in [2.05, 4.69) is 30.9 Å². The molecule has 0 heterocycles. The lowest BCUT2D eigenvalue weighted by Gasteiger charge is -2.24. The van der Waals surface area contributed by atoms with Crippen LogP contribution in [0.5, 0.6) is 0 Å². The molecule has 1 saturated carbocycles. The molecule has 0 unspecified atom stereocenters. The third-order valence-electron chi connectivity index (χ3n) is 3.31. The van der Waals surface area contributed by atoms with E-state index in [1.165, 1.54) is 51.6 Å². The van der Waals surface area contributed by atoms with Gasteiger partial charge in [-0.05, 0) is 59.9 Å². The van der Waals surface area contributed by atoms with Gasteiger partial charge in [0.05, 0.1) is 0 Å². The van der Waals surface area contributed by atoms with Crippen molar-refractivity contribution in [3.05, 3.63) is 0 Å². The molecule has 0 aromatic heterocycles. The van der Waals surface area contributed by atoms with Crippen molar-refractivity contribution in [2.24, 2.45) is 0 Å². The van der Waals surface area contributed by atoms with Gasteiger partial charge in [0.25, 0.3) is 0 Å². The van der Waals surface area contributed by atoms with Crippen LogP contribution in [0.2, 0.25) is 0 Å². The Balaban J connectivity index is 1.99. The van der Waals surface area contributed by atoms with Crippen molar-refractivity contribution in [2.75, 3.05) is 34.2 Å². The molecule has 84 valence electrons. The summed E-state index contributed by atoms with van der Waals surface area (Å²) in [6, 6.07) is 0.898. The Kier molecular flexibility index (Phi) is 5.49. The van der Waals surface area contributed by atoms with Crippen LogP contribution >= 0.6 is 0 Å². The lowest BCUT2D eigenvalue weighted by Crippen LogP contribution is -2.30. The molecule has 0 bridgehead atoms. The molecule has 0 N–H and O–H groups in total. The van der Waals surface area contributed by atoms with Crippen LogP contribution in [0.15, 0.2) is 0 Å². The van der Waals surface area contributed by atoms with Crippen molar-refractivity contribution in [1.29, 1.82) is 0 Å². The average molecular weight is 198 g/mol. The van der Waals surface area contributed by atoms with E-state index in [9.17, 15) is 0 Å². The van der Waals surface area contributed by atoms with Crippen LogP contribution in [0.1, 0.15) is 38.5 Å². The maximum Gasteiger partial charge on any atom is 0.00922 e. The Morgan fingerprint density at radius 2 is 1.50 bits per heavy atom. The molecule has 14 heavy (non-hydrogen) atoms. The SMILES string of the molecule is CN(C)CCCCN(C)C1CCCC1. The molecular weight excluding hydrogens is 172 g/mol. The first-order valence-corrected chi connectivity index (χ1v) is 6.05. The normalized spacial score (nSPS) is 18.6. The average Bonchev–Trinajstić information content (AvgIpc) is 2.64. The minimum absolute atomic E-state index is 0.898. The Bertz CT molecular complexity index is 139. The predicted molar refractivity (Wildman–Crippen MR) is 62.7 cm³/mol. The maximum absolute atomic E-state index is 2.57. The molecule has 1 aliphatic rings. The zero-order valence-electron chi connectivity index (χ0n) is 10.1. The standard InChI is InChI=1S/C12H26N2/c1-13(2)10-6-7-11-14(3)12-8-4-5-9-12/h12H,4-11H2,1-3H3. The summed E-state index contributed by atoms with van der Waals surface area (Å²) in [7, 11) is 6.60. The highest BCUT2D eigenvalue weighted by atomic mass is 15.1. The summed E-state index contributed by atoms with van der Waals surface area (Å²) in [6.07, 6.45) is 8.46. The summed E-state index contributed by atoms with van der Waals surface area (Å²) < 4.78 is 0. The highest BCUT2D eigenvalue weighted by Gasteiger charge is 2.18. The fourth-order valence-electron chi connectivity index (χ4n) is 2.32. The van der Waals surface area contributed by atoms with Crippen LogP contribution in [0.25, 0.3) is 0 Å². The zero-order valence-corrected chi connectivity index (χ0v) is 10.1. The van der Waals surface area contributed by atoms with Crippen molar-refractivity contribution >= 4 is 0 Å². The highest BCUT2D eigenvalue weighted by Crippen LogP contribution is 2.22. The fourth-order valence-corrected chi connectivity index (χ4v) is 2.32. The van der Waals surface area contributed by atoms with E-state index in [4.69, 9.17) is 0 Å². The molecule has 1 fully saturated rings. The van der Waals surface area contributed by atoms with Crippen molar-refractivity contribution < 1.29 is 0 Å². The minimum Gasteiger partial charge on any atom is -0.309 e. The number of hydrogen-bond acceptors (Lipinski definition) is 2. The number of nitrogens with zero attached hydrogens (tertiary/aromatic N) is 2. The quantitative estimate of drug-likeness (QED) is 0.604. The third-order valence-corrected chi connectivity index (χ3v) is 3.31. The maximum atomic E-state index is 2.57. The van der Waals surface area contributed by atoms with Gasteiger partial charge in [-0.15, -0.1) is 0 Å². The van der Waals surface area contributed by atoms with E-state index in [0.29, 0.717) is 0 Å². The molecule has 1 aliphatic carbocycles. The van der Waals surface area contributed by atoms with Crippen LogP contribution in [0.3, 0.4) is 0 Å². The monoisotopic (exact) mass is 198 g/mol. The fraction of sp³-hybridized carbons (Fsp3) is 1.00. The molecule has 0 spiro atoms. The van der Waals surface area contributed by atoms with E-state index in [0.717, 1.165) is 6.04 Å². The second-order valence-corrected chi connectivity index (χ2v) is 4.93.